The number of aryl methyl sites for hydroxylation is 1. The molecule has 4 N–H and O–H groups in total. The lowest BCUT2D eigenvalue weighted by Gasteiger charge is -2.27. The second-order valence-corrected chi connectivity index (χ2v) is 9.39. The fourth-order valence-electron chi connectivity index (χ4n) is 4.93. The summed E-state index contributed by atoms with van der Waals surface area (Å²) in [7, 11) is 0. The van der Waals surface area contributed by atoms with Crippen LogP contribution in [0.2, 0.25) is 0 Å². The summed E-state index contributed by atoms with van der Waals surface area (Å²) in [5.74, 6) is 4.58. The summed E-state index contributed by atoms with van der Waals surface area (Å²) in [4.78, 5) is 26.4. The van der Waals surface area contributed by atoms with Crippen molar-refractivity contribution in [3.63, 3.8) is 0 Å². The SMILES string of the molecule is CC#CC(=O)N1CCCC(n2nc(-c3cn(Cc4cccc(C(F)F)c4)nc3C)c(C(N)=O)c2N)CCC1. The largest absolute Gasteiger partial charge is 0.383 e. The van der Waals surface area contributed by atoms with Crippen LogP contribution in [0.15, 0.2) is 30.5 Å². The minimum atomic E-state index is -2.56. The predicted molar refractivity (Wildman–Crippen MR) is 139 cm³/mol. The fraction of sp³-hybridized carbons (Fsp3) is 0.407. The molecule has 200 valence electrons. The van der Waals surface area contributed by atoms with E-state index >= 15 is 0 Å². The maximum absolute atomic E-state index is 13.1. The second-order valence-electron chi connectivity index (χ2n) is 9.39. The Labute approximate surface area is 219 Å². The summed E-state index contributed by atoms with van der Waals surface area (Å²) >= 11 is 0. The molecule has 0 spiro atoms. The highest BCUT2D eigenvalue weighted by Crippen LogP contribution is 2.34. The van der Waals surface area contributed by atoms with E-state index in [9.17, 15) is 18.4 Å². The van der Waals surface area contributed by atoms with Crippen molar-refractivity contribution in [1.29, 1.82) is 0 Å². The number of nitrogen functional groups attached to an aromatic ring is 1. The molecule has 1 fully saturated rings. The third-order valence-corrected chi connectivity index (χ3v) is 6.74. The number of amides is 2. The predicted octanol–water partition coefficient (Wildman–Crippen LogP) is 3.69. The van der Waals surface area contributed by atoms with Gasteiger partial charge in [0.2, 0.25) is 0 Å². The molecule has 2 amide bonds. The van der Waals surface area contributed by atoms with Gasteiger partial charge in [0, 0.05) is 30.4 Å². The number of aromatic nitrogens is 4. The van der Waals surface area contributed by atoms with Crippen LogP contribution in [0.4, 0.5) is 14.6 Å². The van der Waals surface area contributed by atoms with E-state index in [2.05, 4.69) is 16.9 Å². The number of hydrogen-bond donors (Lipinski definition) is 2. The van der Waals surface area contributed by atoms with Gasteiger partial charge in [0.15, 0.2) is 0 Å². The minimum Gasteiger partial charge on any atom is -0.383 e. The Hall–Kier alpha value is -4.20. The molecule has 1 aliphatic heterocycles. The molecule has 3 heterocycles. The van der Waals surface area contributed by atoms with Crippen molar-refractivity contribution >= 4 is 17.6 Å². The standard InChI is InChI=1S/C27H31F2N7O2/c1-3-7-22(37)34-12-5-10-20(11-6-13-34)36-26(30)23(27(31)38)24(33-36)21-16-35(32-17(21)2)15-18-8-4-9-19(14-18)25(28)29/h4,8-9,14,16,20,25H,5-6,10-13,15,30H2,1-2H3,(H2,31,38). The molecule has 4 rings (SSSR count). The van der Waals surface area contributed by atoms with E-state index in [4.69, 9.17) is 16.6 Å². The van der Waals surface area contributed by atoms with Crippen LogP contribution < -0.4 is 11.5 Å². The average Bonchev–Trinajstić information content (AvgIpc) is 3.38. The number of primary amides is 1. The van der Waals surface area contributed by atoms with Gasteiger partial charge in [0.25, 0.3) is 18.2 Å². The summed E-state index contributed by atoms with van der Waals surface area (Å²) in [5, 5.41) is 9.25. The summed E-state index contributed by atoms with van der Waals surface area (Å²) in [6, 6.07) is 6.10. The van der Waals surface area contributed by atoms with Gasteiger partial charge in [-0.2, -0.15) is 10.2 Å². The number of benzene rings is 1. The first-order valence-electron chi connectivity index (χ1n) is 12.5. The number of nitrogens with two attached hydrogens (primary N) is 2. The average molecular weight is 524 g/mol. The summed E-state index contributed by atoms with van der Waals surface area (Å²) in [6.45, 7) is 4.85. The molecule has 3 aromatic rings. The molecule has 1 aliphatic rings. The quantitative estimate of drug-likeness (QED) is 0.477. The highest BCUT2D eigenvalue weighted by molar-refractivity contribution is 6.03. The van der Waals surface area contributed by atoms with Crippen LogP contribution in [0.25, 0.3) is 11.3 Å². The number of rotatable bonds is 6. The van der Waals surface area contributed by atoms with E-state index in [-0.39, 0.29) is 35.4 Å². The molecule has 1 aromatic carbocycles. The number of anilines is 1. The molecule has 0 bridgehead atoms. The molecule has 2 aromatic heterocycles. The molecule has 9 nitrogen and oxygen atoms in total. The van der Waals surface area contributed by atoms with Gasteiger partial charge in [-0.15, -0.1) is 0 Å². The van der Waals surface area contributed by atoms with Crippen molar-refractivity contribution in [2.24, 2.45) is 5.73 Å². The smallest absolute Gasteiger partial charge is 0.298 e. The molecule has 38 heavy (non-hydrogen) atoms. The van der Waals surface area contributed by atoms with Gasteiger partial charge in [-0.1, -0.05) is 24.1 Å². The first kappa shape index (κ1) is 26.9. The van der Waals surface area contributed by atoms with Crippen LogP contribution in [-0.4, -0.2) is 49.4 Å². The number of nitrogens with zero attached hydrogens (tertiary/aromatic N) is 5. The normalized spacial score (nSPS) is 14.6. The fourth-order valence-corrected chi connectivity index (χ4v) is 4.93. The van der Waals surface area contributed by atoms with Crippen LogP contribution in [-0.2, 0) is 11.3 Å². The maximum Gasteiger partial charge on any atom is 0.298 e. The Morgan fingerprint density at radius 1 is 1.18 bits per heavy atom. The van der Waals surface area contributed by atoms with Gasteiger partial charge < -0.3 is 16.4 Å². The zero-order valence-electron chi connectivity index (χ0n) is 21.5. The minimum absolute atomic E-state index is 0.0564. The van der Waals surface area contributed by atoms with Crippen molar-refractivity contribution in [2.45, 2.75) is 58.5 Å². The van der Waals surface area contributed by atoms with Gasteiger partial charge in [-0.3, -0.25) is 14.3 Å². The molecule has 0 atom stereocenters. The van der Waals surface area contributed by atoms with Crippen molar-refractivity contribution in [1.82, 2.24) is 24.5 Å². The Kier molecular flexibility index (Phi) is 8.10. The number of halogens is 2. The number of hydrogen-bond acceptors (Lipinski definition) is 5. The van der Waals surface area contributed by atoms with E-state index in [1.54, 1.807) is 46.4 Å². The van der Waals surface area contributed by atoms with Crippen LogP contribution in [0.5, 0.6) is 0 Å². The monoisotopic (exact) mass is 523 g/mol. The van der Waals surface area contributed by atoms with Crippen molar-refractivity contribution < 1.29 is 18.4 Å². The van der Waals surface area contributed by atoms with Gasteiger partial charge in [0.1, 0.15) is 17.1 Å². The Morgan fingerprint density at radius 3 is 2.53 bits per heavy atom. The zero-order valence-corrected chi connectivity index (χ0v) is 21.5. The Morgan fingerprint density at radius 2 is 1.89 bits per heavy atom. The summed E-state index contributed by atoms with van der Waals surface area (Å²) in [6.07, 6.45) is 2.06. The third-order valence-electron chi connectivity index (χ3n) is 6.74. The second kappa shape index (κ2) is 11.5. The van der Waals surface area contributed by atoms with Gasteiger partial charge in [-0.25, -0.2) is 13.5 Å². The van der Waals surface area contributed by atoms with Gasteiger partial charge in [-0.05, 0) is 57.1 Å². The highest BCUT2D eigenvalue weighted by atomic mass is 19.3. The van der Waals surface area contributed by atoms with E-state index < -0.39 is 12.3 Å². The molecule has 11 heteroatoms. The number of carbonyl (C=O) groups is 2. The topological polar surface area (TPSA) is 125 Å². The molecule has 1 saturated heterocycles. The van der Waals surface area contributed by atoms with Crippen LogP contribution in [0, 0.1) is 18.8 Å². The summed E-state index contributed by atoms with van der Waals surface area (Å²) in [5.41, 5.74) is 14.4. The number of likely N-dealkylation sites (tertiary alicyclic amines) is 1. The maximum atomic E-state index is 13.1. The molecule has 0 unspecified atom stereocenters. The lowest BCUT2D eigenvalue weighted by molar-refractivity contribution is -0.125. The first-order valence-corrected chi connectivity index (χ1v) is 12.5. The van der Waals surface area contributed by atoms with E-state index in [0.717, 1.165) is 12.8 Å². The summed E-state index contributed by atoms with van der Waals surface area (Å²) < 4.78 is 29.5. The van der Waals surface area contributed by atoms with E-state index in [1.807, 2.05) is 0 Å². The lowest BCUT2D eigenvalue weighted by Crippen LogP contribution is -2.34. The van der Waals surface area contributed by atoms with Gasteiger partial charge >= 0.3 is 0 Å². The van der Waals surface area contributed by atoms with E-state index in [1.165, 1.54) is 12.1 Å². The Balaban J connectivity index is 1.60. The van der Waals surface area contributed by atoms with Crippen molar-refractivity contribution in [3.05, 3.63) is 52.8 Å². The van der Waals surface area contributed by atoms with Crippen LogP contribution in [0.3, 0.4) is 0 Å². The van der Waals surface area contributed by atoms with Crippen LogP contribution >= 0.6 is 0 Å². The third kappa shape index (κ3) is 5.69. The lowest BCUT2D eigenvalue weighted by atomic mass is 10.0. The number of carbonyl (C=O) groups excluding carboxylic acids is 2. The van der Waals surface area contributed by atoms with Crippen LogP contribution in [0.1, 0.15) is 72.3 Å². The number of alkyl halides is 2. The molecular formula is C27H31F2N7O2. The zero-order chi connectivity index (χ0) is 27.4. The highest BCUT2D eigenvalue weighted by Gasteiger charge is 2.28. The van der Waals surface area contributed by atoms with Gasteiger partial charge in [0.05, 0.1) is 18.3 Å². The van der Waals surface area contributed by atoms with Crippen molar-refractivity contribution in [3.8, 4) is 23.1 Å². The molecule has 0 radical (unpaired) electrons. The van der Waals surface area contributed by atoms with E-state index in [0.29, 0.717) is 48.4 Å². The molecule has 0 aliphatic carbocycles. The molecule has 0 saturated carbocycles. The van der Waals surface area contributed by atoms with Crippen molar-refractivity contribution in [2.75, 3.05) is 18.8 Å². The molecular weight excluding hydrogens is 492 g/mol. The Bertz CT molecular complexity index is 1390. The first-order chi connectivity index (χ1) is 18.2.